The fourth-order valence-corrected chi connectivity index (χ4v) is 2.64. The molecule has 21 heavy (non-hydrogen) atoms. The van der Waals surface area contributed by atoms with Gasteiger partial charge in [0.05, 0.1) is 23.1 Å². The van der Waals surface area contributed by atoms with E-state index in [-0.39, 0.29) is 11.2 Å². The summed E-state index contributed by atoms with van der Waals surface area (Å²) < 4.78 is 5.21. The number of carbonyl (C=O) groups is 1. The lowest BCUT2D eigenvalue weighted by atomic mass is 10.3. The van der Waals surface area contributed by atoms with Gasteiger partial charge >= 0.3 is 0 Å². The Morgan fingerprint density at radius 3 is 2.86 bits per heavy atom. The number of benzene rings is 1. The SMILES string of the molecule is COc1ccc(Cl)cc1NC(=O)C(C)Sc1ccccn1. The van der Waals surface area contributed by atoms with E-state index in [1.807, 2.05) is 25.1 Å². The molecule has 0 saturated carbocycles. The van der Waals surface area contributed by atoms with Crippen molar-refractivity contribution in [3.63, 3.8) is 0 Å². The second-order valence-corrected chi connectivity index (χ2v) is 6.06. The third-order valence-corrected chi connectivity index (χ3v) is 4.01. The number of amides is 1. The van der Waals surface area contributed by atoms with E-state index in [0.29, 0.717) is 16.5 Å². The van der Waals surface area contributed by atoms with E-state index < -0.39 is 0 Å². The summed E-state index contributed by atoms with van der Waals surface area (Å²) in [4.78, 5) is 16.4. The van der Waals surface area contributed by atoms with Crippen molar-refractivity contribution in [1.29, 1.82) is 0 Å². The van der Waals surface area contributed by atoms with Gasteiger partial charge in [0.25, 0.3) is 0 Å². The number of nitrogens with zero attached hydrogens (tertiary/aromatic N) is 1. The lowest BCUT2D eigenvalue weighted by molar-refractivity contribution is -0.115. The number of rotatable bonds is 5. The quantitative estimate of drug-likeness (QED) is 0.849. The first-order valence-corrected chi connectivity index (χ1v) is 7.58. The number of ether oxygens (including phenoxy) is 1. The predicted molar refractivity (Wildman–Crippen MR) is 86.2 cm³/mol. The van der Waals surface area contributed by atoms with Crippen molar-refractivity contribution in [2.24, 2.45) is 0 Å². The Hall–Kier alpha value is -1.72. The van der Waals surface area contributed by atoms with Gasteiger partial charge in [-0.1, -0.05) is 29.4 Å². The molecule has 0 aliphatic rings. The van der Waals surface area contributed by atoms with E-state index >= 15 is 0 Å². The molecule has 1 N–H and O–H groups in total. The number of thioether (sulfide) groups is 1. The first-order chi connectivity index (χ1) is 10.1. The van der Waals surface area contributed by atoms with Crippen molar-refractivity contribution < 1.29 is 9.53 Å². The first kappa shape index (κ1) is 15.7. The van der Waals surface area contributed by atoms with E-state index in [9.17, 15) is 4.79 Å². The van der Waals surface area contributed by atoms with Crippen LogP contribution in [0.4, 0.5) is 5.69 Å². The fraction of sp³-hybridized carbons (Fsp3) is 0.200. The molecule has 4 nitrogen and oxygen atoms in total. The molecule has 2 aromatic rings. The van der Waals surface area contributed by atoms with Crippen LogP contribution in [-0.2, 0) is 4.79 Å². The largest absolute Gasteiger partial charge is 0.495 e. The van der Waals surface area contributed by atoms with Crippen LogP contribution in [0.25, 0.3) is 0 Å². The maximum atomic E-state index is 12.2. The Morgan fingerprint density at radius 1 is 1.38 bits per heavy atom. The van der Waals surface area contributed by atoms with Gasteiger partial charge in [-0.05, 0) is 37.3 Å². The van der Waals surface area contributed by atoms with Gasteiger partial charge in [-0.2, -0.15) is 0 Å². The zero-order valence-electron chi connectivity index (χ0n) is 11.7. The Bertz CT molecular complexity index is 622. The molecule has 1 aromatic carbocycles. The van der Waals surface area contributed by atoms with Gasteiger partial charge in [-0.15, -0.1) is 0 Å². The number of carbonyl (C=O) groups excluding carboxylic acids is 1. The van der Waals surface area contributed by atoms with E-state index in [1.165, 1.54) is 11.8 Å². The molecule has 0 saturated heterocycles. The summed E-state index contributed by atoms with van der Waals surface area (Å²) in [6, 6.07) is 10.7. The van der Waals surface area contributed by atoms with Gasteiger partial charge in [-0.25, -0.2) is 4.98 Å². The van der Waals surface area contributed by atoms with Crippen molar-refractivity contribution in [2.75, 3.05) is 12.4 Å². The Labute approximate surface area is 132 Å². The highest BCUT2D eigenvalue weighted by atomic mass is 35.5. The molecule has 1 unspecified atom stereocenters. The molecule has 1 amide bonds. The molecule has 0 spiro atoms. The maximum Gasteiger partial charge on any atom is 0.237 e. The van der Waals surface area contributed by atoms with Crippen LogP contribution in [0.5, 0.6) is 5.75 Å². The van der Waals surface area contributed by atoms with Crippen molar-refractivity contribution >= 4 is 35.0 Å². The molecule has 0 fully saturated rings. The van der Waals surface area contributed by atoms with Crippen LogP contribution >= 0.6 is 23.4 Å². The highest BCUT2D eigenvalue weighted by Gasteiger charge is 2.17. The molecule has 1 aromatic heterocycles. The molecule has 0 aliphatic heterocycles. The van der Waals surface area contributed by atoms with Crippen LogP contribution in [0.15, 0.2) is 47.6 Å². The summed E-state index contributed by atoms with van der Waals surface area (Å²) in [5, 5.41) is 3.88. The van der Waals surface area contributed by atoms with E-state index in [4.69, 9.17) is 16.3 Å². The number of halogens is 1. The highest BCUT2D eigenvalue weighted by Crippen LogP contribution is 2.29. The van der Waals surface area contributed by atoms with Gasteiger partial charge in [0.2, 0.25) is 5.91 Å². The number of nitrogens with one attached hydrogen (secondary N) is 1. The average molecular weight is 323 g/mol. The highest BCUT2D eigenvalue weighted by molar-refractivity contribution is 8.00. The maximum absolute atomic E-state index is 12.2. The number of pyridine rings is 1. The fourth-order valence-electron chi connectivity index (χ4n) is 1.66. The molecule has 0 radical (unpaired) electrons. The number of anilines is 1. The van der Waals surface area contributed by atoms with Crippen molar-refractivity contribution in [3.05, 3.63) is 47.6 Å². The van der Waals surface area contributed by atoms with Crippen molar-refractivity contribution in [1.82, 2.24) is 4.98 Å². The third-order valence-electron chi connectivity index (χ3n) is 2.72. The van der Waals surface area contributed by atoms with Crippen LogP contribution in [0.2, 0.25) is 5.02 Å². The lowest BCUT2D eigenvalue weighted by Crippen LogP contribution is -2.22. The molecule has 110 valence electrons. The summed E-state index contributed by atoms with van der Waals surface area (Å²) in [5.41, 5.74) is 0.559. The molecule has 0 bridgehead atoms. The van der Waals surface area contributed by atoms with E-state index in [2.05, 4.69) is 10.3 Å². The normalized spacial score (nSPS) is 11.8. The summed E-state index contributed by atoms with van der Waals surface area (Å²) in [5.74, 6) is 0.439. The first-order valence-electron chi connectivity index (χ1n) is 6.32. The van der Waals surface area contributed by atoms with Gasteiger partial charge in [0, 0.05) is 11.2 Å². The summed E-state index contributed by atoms with van der Waals surface area (Å²) in [7, 11) is 1.55. The minimum absolute atomic E-state index is 0.133. The number of methoxy groups -OCH3 is 1. The van der Waals surface area contributed by atoms with Crippen molar-refractivity contribution in [2.45, 2.75) is 17.2 Å². The average Bonchev–Trinajstić information content (AvgIpc) is 2.48. The summed E-state index contributed by atoms with van der Waals surface area (Å²) in [6.07, 6.45) is 1.70. The van der Waals surface area contributed by atoms with E-state index in [0.717, 1.165) is 5.03 Å². The standard InChI is InChI=1S/C15H15ClN2O2S/c1-10(21-14-5-3-4-8-17-14)15(19)18-12-9-11(16)6-7-13(12)20-2/h3-10H,1-2H3,(H,18,19). The molecule has 1 atom stereocenters. The minimum Gasteiger partial charge on any atom is -0.495 e. The van der Waals surface area contributed by atoms with Gasteiger partial charge in [0.15, 0.2) is 0 Å². The van der Waals surface area contributed by atoms with Crippen LogP contribution in [0, 0.1) is 0 Å². The zero-order valence-corrected chi connectivity index (χ0v) is 13.2. The smallest absolute Gasteiger partial charge is 0.237 e. The Morgan fingerprint density at radius 2 is 2.19 bits per heavy atom. The molecule has 6 heteroatoms. The van der Waals surface area contributed by atoms with Gasteiger partial charge in [0.1, 0.15) is 5.75 Å². The van der Waals surface area contributed by atoms with E-state index in [1.54, 1.807) is 31.5 Å². The number of aromatic nitrogens is 1. The third kappa shape index (κ3) is 4.37. The van der Waals surface area contributed by atoms with Crippen LogP contribution < -0.4 is 10.1 Å². The van der Waals surface area contributed by atoms with Crippen molar-refractivity contribution in [3.8, 4) is 5.75 Å². The van der Waals surface area contributed by atoms with Gasteiger partial charge < -0.3 is 10.1 Å². The second-order valence-electron chi connectivity index (χ2n) is 4.26. The molecular formula is C15H15ClN2O2S. The van der Waals surface area contributed by atoms with Crippen LogP contribution in [-0.4, -0.2) is 23.3 Å². The zero-order chi connectivity index (χ0) is 15.2. The minimum atomic E-state index is -0.288. The molecule has 2 rings (SSSR count). The lowest BCUT2D eigenvalue weighted by Gasteiger charge is -2.14. The summed E-state index contributed by atoms with van der Waals surface area (Å²) in [6.45, 7) is 1.83. The predicted octanol–water partition coefficient (Wildman–Crippen LogP) is 3.86. The monoisotopic (exact) mass is 322 g/mol. The van der Waals surface area contributed by atoms with Crippen LogP contribution in [0.1, 0.15) is 6.92 Å². The Balaban J connectivity index is 2.05. The summed E-state index contributed by atoms with van der Waals surface area (Å²) >= 11 is 7.34. The molecular weight excluding hydrogens is 308 g/mol. The molecule has 0 aliphatic carbocycles. The van der Waals surface area contributed by atoms with Gasteiger partial charge in [-0.3, -0.25) is 4.79 Å². The number of hydrogen-bond acceptors (Lipinski definition) is 4. The Kier molecular flexibility index (Phi) is 5.47. The molecule has 1 heterocycles. The second kappa shape index (κ2) is 7.33. The number of hydrogen-bond donors (Lipinski definition) is 1. The topological polar surface area (TPSA) is 51.2 Å². The van der Waals surface area contributed by atoms with Crippen LogP contribution in [0.3, 0.4) is 0 Å².